The van der Waals surface area contributed by atoms with E-state index in [1.54, 1.807) is 4.68 Å². The lowest BCUT2D eigenvalue weighted by molar-refractivity contribution is -0.125. The Kier molecular flexibility index (Phi) is 4.55. The van der Waals surface area contributed by atoms with Gasteiger partial charge in [0.1, 0.15) is 0 Å². The molecule has 6 heteroatoms. The lowest BCUT2D eigenvalue weighted by Crippen LogP contribution is -2.43. The Labute approximate surface area is 113 Å². The molecular formula is C13H22N4O2. The summed E-state index contributed by atoms with van der Waals surface area (Å²) in [6, 6.07) is 0.125. The molecule has 106 valence electrons. The molecule has 6 nitrogen and oxygen atoms in total. The van der Waals surface area contributed by atoms with E-state index >= 15 is 0 Å². The summed E-state index contributed by atoms with van der Waals surface area (Å²) in [5.74, 6) is -0.0522. The molecule has 0 spiro atoms. The Hall–Kier alpha value is -1.40. The zero-order chi connectivity index (χ0) is 13.8. The molecule has 2 N–H and O–H groups in total. The van der Waals surface area contributed by atoms with Gasteiger partial charge in [0.25, 0.3) is 0 Å². The van der Waals surface area contributed by atoms with E-state index in [1.807, 2.05) is 27.1 Å². The van der Waals surface area contributed by atoms with Crippen LogP contribution in [-0.2, 0) is 23.1 Å². The molecule has 2 rings (SSSR count). The Bertz CT molecular complexity index is 444. The summed E-state index contributed by atoms with van der Waals surface area (Å²) in [6.07, 6.45) is 1.93. The molecule has 2 atom stereocenters. The van der Waals surface area contributed by atoms with Crippen LogP contribution in [0.2, 0.25) is 0 Å². The molecule has 2 unspecified atom stereocenters. The molecule has 0 radical (unpaired) electrons. The van der Waals surface area contributed by atoms with Crippen molar-refractivity contribution >= 4 is 5.91 Å². The minimum Gasteiger partial charge on any atom is -0.379 e. The lowest BCUT2D eigenvalue weighted by Gasteiger charge is -2.17. The fourth-order valence-electron chi connectivity index (χ4n) is 2.41. The van der Waals surface area contributed by atoms with E-state index in [0.29, 0.717) is 19.8 Å². The highest BCUT2D eigenvalue weighted by atomic mass is 16.5. The van der Waals surface area contributed by atoms with Crippen LogP contribution in [0.15, 0.2) is 6.20 Å². The van der Waals surface area contributed by atoms with Crippen LogP contribution in [0, 0.1) is 12.8 Å². The molecule has 0 saturated carbocycles. The number of hydrogen-bond donors (Lipinski definition) is 2. The van der Waals surface area contributed by atoms with Crippen LogP contribution in [0.3, 0.4) is 0 Å². The number of rotatable bonds is 5. The zero-order valence-electron chi connectivity index (χ0n) is 11.8. The van der Waals surface area contributed by atoms with Gasteiger partial charge in [-0.05, 0) is 13.5 Å². The zero-order valence-corrected chi connectivity index (χ0v) is 11.8. The van der Waals surface area contributed by atoms with Gasteiger partial charge < -0.3 is 15.4 Å². The lowest BCUT2D eigenvalue weighted by atomic mass is 10.0. The maximum atomic E-state index is 12.2. The van der Waals surface area contributed by atoms with Crippen molar-refractivity contribution in [3.8, 4) is 0 Å². The second kappa shape index (κ2) is 6.16. The summed E-state index contributed by atoms with van der Waals surface area (Å²) >= 11 is 0. The third-order valence-corrected chi connectivity index (χ3v) is 3.45. The average Bonchev–Trinajstić information content (AvgIpc) is 2.94. The van der Waals surface area contributed by atoms with Crippen LogP contribution in [0.4, 0.5) is 0 Å². The fraction of sp³-hybridized carbons (Fsp3) is 0.692. The molecule has 1 fully saturated rings. The standard InChI is InChI=1S/C13H22N4O2/c1-4-14-12-8-19-7-11(12)13(18)15-5-10-6-17(3)16-9(10)2/h6,11-12,14H,4-5,7-8H2,1-3H3,(H,15,18). The predicted molar refractivity (Wildman–Crippen MR) is 71.6 cm³/mol. The second-order valence-electron chi connectivity index (χ2n) is 4.94. The van der Waals surface area contributed by atoms with Crippen molar-refractivity contribution in [3.63, 3.8) is 0 Å². The van der Waals surface area contributed by atoms with E-state index in [0.717, 1.165) is 17.8 Å². The Balaban J connectivity index is 1.89. The van der Waals surface area contributed by atoms with E-state index in [1.165, 1.54) is 0 Å². The van der Waals surface area contributed by atoms with Crippen molar-refractivity contribution in [2.24, 2.45) is 13.0 Å². The number of amides is 1. The molecule has 1 amide bonds. The minimum atomic E-state index is -0.100. The van der Waals surface area contributed by atoms with Crippen LogP contribution in [0.1, 0.15) is 18.2 Å². The molecule has 0 bridgehead atoms. The van der Waals surface area contributed by atoms with E-state index in [9.17, 15) is 4.79 Å². The van der Waals surface area contributed by atoms with Crippen LogP contribution in [0.5, 0.6) is 0 Å². The van der Waals surface area contributed by atoms with E-state index in [-0.39, 0.29) is 17.9 Å². The van der Waals surface area contributed by atoms with Crippen molar-refractivity contribution < 1.29 is 9.53 Å². The van der Waals surface area contributed by atoms with Gasteiger partial charge in [0.2, 0.25) is 5.91 Å². The van der Waals surface area contributed by atoms with Crippen LogP contribution in [0.25, 0.3) is 0 Å². The first-order chi connectivity index (χ1) is 9.11. The molecule has 1 saturated heterocycles. The third-order valence-electron chi connectivity index (χ3n) is 3.45. The van der Waals surface area contributed by atoms with Gasteiger partial charge in [-0.3, -0.25) is 9.48 Å². The summed E-state index contributed by atoms with van der Waals surface area (Å²) in [5, 5.41) is 10.5. The number of aromatic nitrogens is 2. The van der Waals surface area contributed by atoms with Gasteiger partial charge in [-0.15, -0.1) is 0 Å². The maximum absolute atomic E-state index is 12.2. The topological polar surface area (TPSA) is 68.2 Å². The first-order valence-corrected chi connectivity index (χ1v) is 6.69. The molecule has 1 aromatic rings. The maximum Gasteiger partial charge on any atom is 0.227 e. The van der Waals surface area contributed by atoms with Gasteiger partial charge in [-0.1, -0.05) is 6.92 Å². The number of ether oxygens (including phenoxy) is 1. The Morgan fingerprint density at radius 3 is 3.00 bits per heavy atom. The second-order valence-corrected chi connectivity index (χ2v) is 4.94. The van der Waals surface area contributed by atoms with Crippen molar-refractivity contribution in [3.05, 3.63) is 17.5 Å². The molecule has 1 aliphatic heterocycles. The van der Waals surface area contributed by atoms with Gasteiger partial charge in [0.05, 0.1) is 24.8 Å². The van der Waals surface area contributed by atoms with Crippen molar-refractivity contribution in [1.29, 1.82) is 0 Å². The number of carbonyl (C=O) groups is 1. The fourth-order valence-corrected chi connectivity index (χ4v) is 2.41. The normalized spacial score (nSPS) is 22.7. The highest BCUT2D eigenvalue weighted by molar-refractivity contribution is 5.79. The van der Waals surface area contributed by atoms with Crippen LogP contribution >= 0.6 is 0 Å². The minimum absolute atomic E-state index is 0.0479. The van der Waals surface area contributed by atoms with Gasteiger partial charge >= 0.3 is 0 Å². The molecule has 2 heterocycles. The monoisotopic (exact) mass is 266 g/mol. The predicted octanol–water partition coefficient (Wildman–Crippen LogP) is -0.0308. The average molecular weight is 266 g/mol. The number of nitrogens with zero attached hydrogens (tertiary/aromatic N) is 2. The summed E-state index contributed by atoms with van der Waals surface area (Å²) in [7, 11) is 1.88. The van der Waals surface area contributed by atoms with Crippen LogP contribution in [-0.4, -0.2) is 41.5 Å². The third kappa shape index (κ3) is 3.33. The SMILES string of the molecule is CCNC1COCC1C(=O)NCc1cn(C)nc1C. The molecule has 19 heavy (non-hydrogen) atoms. The molecule has 1 aromatic heterocycles. The van der Waals surface area contributed by atoms with Gasteiger partial charge in [-0.25, -0.2) is 0 Å². The molecule has 0 aliphatic carbocycles. The van der Waals surface area contributed by atoms with Crippen molar-refractivity contribution in [2.45, 2.75) is 26.4 Å². The molecule has 0 aromatic carbocycles. The van der Waals surface area contributed by atoms with Crippen LogP contribution < -0.4 is 10.6 Å². The van der Waals surface area contributed by atoms with E-state index in [4.69, 9.17) is 4.74 Å². The number of nitrogens with one attached hydrogen (secondary N) is 2. The largest absolute Gasteiger partial charge is 0.379 e. The number of likely N-dealkylation sites (N-methyl/N-ethyl adjacent to an activating group) is 1. The first-order valence-electron chi connectivity index (χ1n) is 6.69. The summed E-state index contributed by atoms with van der Waals surface area (Å²) in [5.41, 5.74) is 2.00. The summed E-state index contributed by atoms with van der Waals surface area (Å²) in [6.45, 7) is 6.45. The number of carbonyl (C=O) groups excluding carboxylic acids is 1. The number of aryl methyl sites for hydroxylation is 2. The highest BCUT2D eigenvalue weighted by Crippen LogP contribution is 2.14. The summed E-state index contributed by atoms with van der Waals surface area (Å²) in [4.78, 5) is 12.2. The Morgan fingerprint density at radius 1 is 1.58 bits per heavy atom. The molecular weight excluding hydrogens is 244 g/mol. The first kappa shape index (κ1) is 14.0. The van der Waals surface area contributed by atoms with Crippen molar-refractivity contribution in [1.82, 2.24) is 20.4 Å². The van der Waals surface area contributed by atoms with Gasteiger partial charge in [0.15, 0.2) is 0 Å². The Morgan fingerprint density at radius 2 is 2.37 bits per heavy atom. The smallest absolute Gasteiger partial charge is 0.227 e. The van der Waals surface area contributed by atoms with Crippen molar-refractivity contribution in [2.75, 3.05) is 19.8 Å². The van der Waals surface area contributed by atoms with E-state index in [2.05, 4.69) is 15.7 Å². The highest BCUT2D eigenvalue weighted by Gasteiger charge is 2.33. The number of hydrogen-bond acceptors (Lipinski definition) is 4. The van der Waals surface area contributed by atoms with E-state index < -0.39 is 0 Å². The quantitative estimate of drug-likeness (QED) is 0.785. The molecule has 1 aliphatic rings. The van der Waals surface area contributed by atoms with Gasteiger partial charge in [0, 0.05) is 31.4 Å². The summed E-state index contributed by atoms with van der Waals surface area (Å²) < 4.78 is 7.14. The van der Waals surface area contributed by atoms with Gasteiger partial charge in [-0.2, -0.15) is 5.10 Å².